The Labute approximate surface area is 192 Å². The van der Waals surface area contributed by atoms with E-state index in [0.29, 0.717) is 28.0 Å². The lowest BCUT2D eigenvalue weighted by atomic mass is 10.1. The van der Waals surface area contributed by atoms with E-state index >= 15 is 0 Å². The summed E-state index contributed by atoms with van der Waals surface area (Å²) in [5, 5.41) is 3.38. The topological polar surface area (TPSA) is 129 Å². The van der Waals surface area contributed by atoms with Gasteiger partial charge in [0.15, 0.2) is 0 Å². The molecule has 162 valence electrons. The fourth-order valence-corrected chi connectivity index (χ4v) is 3.50. The van der Waals surface area contributed by atoms with Gasteiger partial charge in [-0.3, -0.25) is 19.6 Å². The highest BCUT2D eigenvalue weighted by atomic mass is 79.9. The van der Waals surface area contributed by atoms with Crippen LogP contribution in [0.3, 0.4) is 0 Å². The van der Waals surface area contributed by atoms with Crippen molar-refractivity contribution in [2.45, 2.75) is 26.3 Å². The van der Waals surface area contributed by atoms with Crippen molar-refractivity contribution in [3.63, 3.8) is 0 Å². The number of pyridine rings is 2. The van der Waals surface area contributed by atoms with Gasteiger partial charge >= 0.3 is 0 Å². The standard InChI is InChI=1S/C22H20BrN7O2/c1-12(2)30-11-17(16-10-27-22(24)29-21(16)30)20(32)18-7-15(5-6-25-18)28-19(31)8-14-4-3-13(23)9-26-14/h3-7,9-12H,8H2,1-2H3,(H2,24,27,29)(H,25,28,31). The third-order valence-electron chi connectivity index (χ3n) is 4.80. The average molecular weight is 494 g/mol. The molecule has 0 radical (unpaired) electrons. The van der Waals surface area contributed by atoms with Crippen LogP contribution in [0.5, 0.6) is 0 Å². The minimum absolute atomic E-state index is 0.0687. The molecule has 0 aliphatic rings. The van der Waals surface area contributed by atoms with E-state index < -0.39 is 0 Å². The van der Waals surface area contributed by atoms with Gasteiger partial charge in [-0.2, -0.15) is 4.98 Å². The third kappa shape index (κ3) is 4.50. The van der Waals surface area contributed by atoms with E-state index in [9.17, 15) is 9.59 Å². The van der Waals surface area contributed by atoms with Crippen LogP contribution >= 0.6 is 15.9 Å². The average Bonchev–Trinajstić information content (AvgIpc) is 3.14. The van der Waals surface area contributed by atoms with Gasteiger partial charge in [-0.15, -0.1) is 0 Å². The summed E-state index contributed by atoms with van der Waals surface area (Å²) in [7, 11) is 0. The molecule has 0 fully saturated rings. The number of fused-ring (bicyclic) bond motifs is 1. The van der Waals surface area contributed by atoms with Crippen molar-refractivity contribution in [1.29, 1.82) is 0 Å². The van der Waals surface area contributed by atoms with Crippen molar-refractivity contribution in [2.24, 2.45) is 0 Å². The maximum absolute atomic E-state index is 13.3. The van der Waals surface area contributed by atoms with Crippen molar-refractivity contribution in [3.8, 4) is 0 Å². The highest BCUT2D eigenvalue weighted by molar-refractivity contribution is 9.10. The Morgan fingerprint density at radius 1 is 1.16 bits per heavy atom. The number of aromatic nitrogens is 5. The molecule has 9 nitrogen and oxygen atoms in total. The van der Waals surface area contributed by atoms with Crippen molar-refractivity contribution in [1.82, 2.24) is 24.5 Å². The van der Waals surface area contributed by atoms with E-state index in [1.54, 1.807) is 36.8 Å². The smallest absolute Gasteiger partial charge is 0.230 e. The molecule has 0 unspecified atom stereocenters. The van der Waals surface area contributed by atoms with Crippen LogP contribution < -0.4 is 11.1 Å². The number of nitrogens with two attached hydrogens (primary N) is 1. The van der Waals surface area contributed by atoms with Gasteiger partial charge in [-0.25, -0.2) is 4.98 Å². The number of nitrogens with zero attached hydrogens (tertiary/aromatic N) is 5. The Kier molecular flexibility index (Phi) is 5.95. The summed E-state index contributed by atoms with van der Waals surface area (Å²) in [6.45, 7) is 3.97. The zero-order valence-corrected chi connectivity index (χ0v) is 19.0. The number of carbonyl (C=O) groups is 2. The number of rotatable bonds is 6. The molecular formula is C22H20BrN7O2. The molecule has 0 atom stereocenters. The summed E-state index contributed by atoms with van der Waals surface area (Å²) in [4.78, 5) is 42.4. The first-order valence-corrected chi connectivity index (χ1v) is 10.6. The molecule has 0 spiro atoms. The van der Waals surface area contributed by atoms with Crippen LogP contribution in [0.15, 0.2) is 53.5 Å². The maximum atomic E-state index is 13.3. The normalized spacial score (nSPS) is 11.1. The van der Waals surface area contributed by atoms with E-state index in [1.165, 1.54) is 6.20 Å². The number of nitrogens with one attached hydrogen (secondary N) is 1. The van der Waals surface area contributed by atoms with Crippen molar-refractivity contribution < 1.29 is 9.59 Å². The van der Waals surface area contributed by atoms with Crippen LogP contribution in [0.25, 0.3) is 11.0 Å². The number of nitrogen functional groups attached to an aromatic ring is 1. The highest BCUT2D eigenvalue weighted by Crippen LogP contribution is 2.25. The highest BCUT2D eigenvalue weighted by Gasteiger charge is 2.21. The molecule has 3 N–H and O–H groups in total. The summed E-state index contributed by atoms with van der Waals surface area (Å²) in [5.74, 6) is -0.405. The molecule has 4 aromatic heterocycles. The minimum atomic E-state index is -0.298. The van der Waals surface area contributed by atoms with Gasteiger partial charge in [0.05, 0.1) is 12.0 Å². The molecule has 0 saturated carbocycles. The quantitative estimate of drug-likeness (QED) is 0.392. The number of amides is 1. The summed E-state index contributed by atoms with van der Waals surface area (Å²) in [5.41, 5.74) is 8.05. The van der Waals surface area contributed by atoms with E-state index in [-0.39, 0.29) is 35.8 Å². The molecule has 0 saturated heterocycles. The molecular weight excluding hydrogens is 474 g/mol. The Hall–Kier alpha value is -3.66. The second-order valence-electron chi connectivity index (χ2n) is 7.46. The number of carbonyl (C=O) groups excluding carboxylic acids is 2. The van der Waals surface area contributed by atoms with E-state index in [0.717, 1.165) is 4.47 Å². The molecule has 0 aliphatic heterocycles. The predicted molar refractivity (Wildman–Crippen MR) is 124 cm³/mol. The molecule has 1 amide bonds. The van der Waals surface area contributed by atoms with Crippen molar-refractivity contribution in [2.75, 3.05) is 11.1 Å². The maximum Gasteiger partial charge on any atom is 0.230 e. The molecule has 4 aromatic rings. The molecule has 4 heterocycles. The molecule has 0 bridgehead atoms. The number of hydrogen-bond donors (Lipinski definition) is 2. The van der Waals surface area contributed by atoms with Crippen LogP contribution in [0.1, 0.15) is 41.6 Å². The van der Waals surface area contributed by atoms with Crippen LogP contribution in [-0.2, 0) is 11.2 Å². The summed E-state index contributed by atoms with van der Waals surface area (Å²) in [6, 6.07) is 6.84. The first-order valence-electron chi connectivity index (χ1n) is 9.86. The molecule has 10 heteroatoms. The minimum Gasteiger partial charge on any atom is -0.368 e. The van der Waals surface area contributed by atoms with Gasteiger partial charge in [0.25, 0.3) is 0 Å². The third-order valence-corrected chi connectivity index (χ3v) is 5.27. The fraction of sp³-hybridized carbons (Fsp3) is 0.182. The molecule has 0 aromatic carbocycles. The summed E-state index contributed by atoms with van der Waals surface area (Å²) >= 11 is 3.32. The second kappa shape index (κ2) is 8.83. The zero-order chi connectivity index (χ0) is 22.8. The van der Waals surface area contributed by atoms with Gasteiger partial charge in [0, 0.05) is 52.1 Å². The van der Waals surface area contributed by atoms with Gasteiger partial charge in [-0.05, 0) is 54.0 Å². The Bertz CT molecular complexity index is 1320. The summed E-state index contributed by atoms with van der Waals surface area (Å²) < 4.78 is 2.71. The lowest BCUT2D eigenvalue weighted by Crippen LogP contribution is -2.16. The largest absolute Gasteiger partial charge is 0.368 e. The first kappa shape index (κ1) is 21.6. The molecule has 32 heavy (non-hydrogen) atoms. The van der Waals surface area contributed by atoms with Gasteiger partial charge in [0.2, 0.25) is 17.6 Å². The van der Waals surface area contributed by atoms with Crippen LogP contribution in [0.4, 0.5) is 11.6 Å². The fourth-order valence-electron chi connectivity index (χ4n) is 3.27. The zero-order valence-electron chi connectivity index (χ0n) is 17.4. The monoisotopic (exact) mass is 493 g/mol. The van der Waals surface area contributed by atoms with Crippen molar-refractivity contribution >= 4 is 50.3 Å². The van der Waals surface area contributed by atoms with Crippen molar-refractivity contribution in [3.05, 3.63) is 70.5 Å². The Morgan fingerprint density at radius 3 is 2.69 bits per heavy atom. The van der Waals surface area contributed by atoms with Gasteiger partial charge < -0.3 is 15.6 Å². The van der Waals surface area contributed by atoms with Gasteiger partial charge in [0.1, 0.15) is 11.3 Å². The van der Waals surface area contributed by atoms with E-state index in [1.807, 2.05) is 24.5 Å². The predicted octanol–water partition coefficient (Wildman–Crippen LogP) is 3.56. The van der Waals surface area contributed by atoms with E-state index in [4.69, 9.17) is 5.73 Å². The second-order valence-corrected chi connectivity index (χ2v) is 8.38. The lowest BCUT2D eigenvalue weighted by Gasteiger charge is -2.07. The Balaban J connectivity index is 1.59. The van der Waals surface area contributed by atoms with Crippen LogP contribution in [0, 0.1) is 0 Å². The number of anilines is 2. The van der Waals surface area contributed by atoms with Crippen LogP contribution in [0.2, 0.25) is 0 Å². The first-order chi connectivity index (χ1) is 15.3. The number of hydrogen-bond acceptors (Lipinski definition) is 7. The van der Waals surface area contributed by atoms with Gasteiger partial charge in [-0.1, -0.05) is 0 Å². The van der Waals surface area contributed by atoms with Crippen LogP contribution in [-0.4, -0.2) is 36.2 Å². The lowest BCUT2D eigenvalue weighted by molar-refractivity contribution is -0.115. The SMILES string of the molecule is CC(C)n1cc(C(=O)c2cc(NC(=O)Cc3ccc(Br)cn3)ccn2)c2cnc(N)nc21. The number of ketones is 1. The Morgan fingerprint density at radius 2 is 1.97 bits per heavy atom. The number of halogens is 1. The molecule has 0 aliphatic carbocycles. The van der Waals surface area contributed by atoms with E-state index in [2.05, 4.69) is 41.2 Å². The molecule has 4 rings (SSSR count). The summed E-state index contributed by atoms with van der Waals surface area (Å²) in [6.07, 6.45) is 6.51.